The van der Waals surface area contributed by atoms with Crippen molar-refractivity contribution in [2.24, 2.45) is 0 Å². The highest BCUT2D eigenvalue weighted by Crippen LogP contribution is 2.48. The molecule has 1 fully saturated rings. The van der Waals surface area contributed by atoms with E-state index in [1.165, 1.54) is 30.3 Å². The maximum absolute atomic E-state index is 15.2. The van der Waals surface area contributed by atoms with Gasteiger partial charge in [0.1, 0.15) is 11.5 Å². The highest BCUT2D eigenvalue weighted by Gasteiger charge is 2.48. The Morgan fingerprint density at radius 3 is 2.49 bits per heavy atom. The maximum Gasteiger partial charge on any atom is 0.433 e. The summed E-state index contributed by atoms with van der Waals surface area (Å²) in [7, 11) is -3.68. The number of hydrogen-bond acceptors (Lipinski definition) is 6. The van der Waals surface area contributed by atoms with Gasteiger partial charge in [-0.2, -0.15) is 13.2 Å². The highest BCUT2D eigenvalue weighted by molar-refractivity contribution is 7.92. The van der Waals surface area contributed by atoms with E-state index in [1.54, 1.807) is 6.92 Å². The van der Waals surface area contributed by atoms with Gasteiger partial charge in [0.15, 0.2) is 0 Å². The number of pyridine rings is 1. The Bertz CT molecular complexity index is 1600. The zero-order valence-electron chi connectivity index (χ0n) is 22.4. The molecule has 2 aromatic carbocycles. The summed E-state index contributed by atoms with van der Waals surface area (Å²) in [6, 6.07) is 7.40. The number of alkyl halides is 3. The average Bonchev–Trinajstić information content (AvgIpc) is 3.66. The summed E-state index contributed by atoms with van der Waals surface area (Å²) < 4.78 is 81.2. The Labute approximate surface area is 234 Å². The third kappa shape index (κ3) is 6.96. The lowest BCUT2D eigenvalue weighted by molar-refractivity contribution is -0.140. The average molecular weight is 595 g/mol. The molecule has 3 aromatic rings. The third-order valence-corrected chi connectivity index (χ3v) is 7.49. The molecular formula is C28H30F4N4O4S. The van der Waals surface area contributed by atoms with Crippen molar-refractivity contribution in [3.63, 3.8) is 0 Å². The number of hydrogen-bond donors (Lipinski definition) is 4. The van der Waals surface area contributed by atoms with Crippen molar-refractivity contribution in [2.45, 2.75) is 50.4 Å². The zero-order chi connectivity index (χ0) is 30.2. The number of rotatable bonds is 11. The summed E-state index contributed by atoms with van der Waals surface area (Å²) in [6.07, 6.45) is -1.37. The van der Waals surface area contributed by atoms with Gasteiger partial charge < -0.3 is 15.7 Å². The van der Waals surface area contributed by atoms with Gasteiger partial charge in [0.25, 0.3) is 5.91 Å². The van der Waals surface area contributed by atoms with Crippen LogP contribution < -0.4 is 15.4 Å². The van der Waals surface area contributed by atoms with Crippen LogP contribution in [-0.4, -0.2) is 43.3 Å². The van der Waals surface area contributed by atoms with E-state index in [0.717, 1.165) is 18.4 Å². The van der Waals surface area contributed by atoms with E-state index in [1.807, 2.05) is 0 Å². The van der Waals surface area contributed by atoms with Crippen molar-refractivity contribution in [3.8, 4) is 0 Å². The Kier molecular flexibility index (Phi) is 8.33. The summed E-state index contributed by atoms with van der Waals surface area (Å²) in [5.41, 5.74) is -1.39. The minimum Gasteiger partial charge on any atom is -0.393 e. The highest BCUT2D eigenvalue weighted by atomic mass is 32.2. The topological polar surface area (TPSA) is 120 Å². The first kappa shape index (κ1) is 30.3. The van der Waals surface area contributed by atoms with Gasteiger partial charge in [0.2, 0.25) is 10.0 Å². The molecule has 8 nitrogen and oxygen atoms in total. The Morgan fingerprint density at radius 2 is 1.90 bits per heavy atom. The van der Waals surface area contributed by atoms with Crippen molar-refractivity contribution in [1.82, 2.24) is 10.3 Å². The molecule has 0 unspecified atom stereocenters. The summed E-state index contributed by atoms with van der Waals surface area (Å²) >= 11 is 0. The fourth-order valence-electron chi connectivity index (χ4n) is 4.53. The van der Waals surface area contributed by atoms with Crippen LogP contribution in [0.25, 0.3) is 17.0 Å². The zero-order valence-corrected chi connectivity index (χ0v) is 23.2. The third-order valence-electron chi connectivity index (χ3n) is 6.90. The molecule has 1 atom stereocenters. The molecule has 220 valence electrons. The minimum absolute atomic E-state index is 0.0117. The fourth-order valence-corrected chi connectivity index (χ4v) is 5.10. The van der Waals surface area contributed by atoms with Crippen molar-refractivity contribution in [1.29, 1.82) is 0 Å². The second kappa shape index (κ2) is 11.3. The van der Waals surface area contributed by atoms with Crippen molar-refractivity contribution < 1.29 is 35.9 Å². The van der Waals surface area contributed by atoms with Crippen LogP contribution in [0.15, 0.2) is 43.0 Å². The minimum atomic E-state index is -4.69. The molecule has 0 aliphatic heterocycles. The molecule has 1 aliphatic rings. The molecule has 0 spiro atoms. The van der Waals surface area contributed by atoms with E-state index in [2.05, 4.69) is 26.9 Å². The number of carbonyl (C=O) groups is 1. The van der Waals surface area contributed by atoms with Crippen LogP contribution in [0.5, 0.6) is 0 Å². The number of carbonyl (C=O) groups excluding carboxylic acids is 1. The van der Waals surface area contributed by atoms with Gasteiger partial charge in [-0.15, -0.1) is 0 Å². The molecule has 0 radical (unpaired) electrons. The maximum atomic E-state index is 15.2. The number of aromatic nitrogens is 1. The molecule has 41 heavy (non-hydrogen) atoms. The molecule has 1 aliphatic carbocycles. The number of aliphatic hydroxyl groups excluding tert-OH is 1. The molecule has 1 saturated carbocycles. The number of nitrogens with zero attached hydrogens (tertiary/aromatic N) is 1. The number of aliphatic hydroxyl groups is 1. The fraction of sp³-hybridized carbons (Fsp3) is 0.357. The van der Waals surface area contributed by atoms with Crippen LogP contribution in [0, 0.1) is 5.82 Å². The quantitative estimate of drug-likeness (QED) is 0.221. The van der Waals surface area contributed by atoms with E-state index in [4.69, 9.17) is 0 Å². The molecule has 13 heteroatoms. The standard InChI is InChI=1S/C28H30F4N4O4S/c1-4-16-13-20(21(29)14-23(16)36-41(3,39)40)27(9-10-27)35-26(38)17-6-7-22-19(12-17)24(33-11-8-18(37)5-2)15-25(34-22)28(30,31)32/h4,6-7,12-15,18,36-37H,1,5,8-11H2,2-3H3,(H,33,34)(H,35,38)/t18-/m0/s1. The smallest absolute Gasteiger partial charge is 0.393 e. The second-order valence-corrected chi connectivity index (χ2v) is 11.8. The predicted molar refractivity (Wildman–Crippen MR) is 149 cm³/mol. The summed E-state index contributed by atoms with van der Waals surface area (Å²) in [5, 5.41) is 15.9. The van der Waals surface area contributed by atoms with Crippen molar-refractivity contribution in [2.75, 3.05) is 22.8 Å². The molecule has 1 amide bonds. The van der Waals surface area contributed by atoms with Gasteiger partial charge in [-0.05, 0) is 67.6 Å². The summed E-state index contributed by atoms with van der Waals surface area (Å²) in [6.45, 7) is 5.64. The normalized spacial score (nSPS) is 15.3. The number of amides is 1. The largest absolute Gasteiger partial charge is 0.433 e. The van der Waals surface area contributed by atoms with Crippen LogP contribution in [0.4, 0.5) is 28.9 Å². The van der Waals surface area contributed by atoms with Crippen LogP contribution in [-0.2, 0) is 21.7 Å². The van der Waals surface area contributed by atoms with Gasteiger partial charge in [-0.3, -0.25) is 9.52 Å². The monoisotopic (exact) mass is 594 g/mol. The lowest BCUT2D eigenvalue weighted by Gasteiger charge is -2.21. The lowest BCUT2D eigenvalue weighted by atomic mass is 9.99. The lowest BCUT2D eigenvalue weighted by Crippen LogP contribution is -2.35. The van der Waals surface area contributed by atoms with Crippen molar-refractivity contribution in [3.05, 3.63) is 71.2 Å². The van der Waals surface area contributed by atoms with E-state index >= 15 is 4.39 Å². The molecule has 4 N–H and O–H groups in total. The first-order valence-corrected chi connectivity index (χ1v) is 14.8. The number of nitrogens with one attached hydrogen (secondary N) is 3. The van der Waals surface area contributed by atoms with Crippen LogP contribution in [0.1, 0.15) is 59.8 Å². The Morgan fingerprint density at radius 1 is 1.20 bits per heavy atom. The van der Waals surface area contributed by atoms with E-state index in [-0.39, 0.29) is 39.9 Å². The van der Waals surface area contributed by atoms with Gasteiger partial charge >= 0.3 is 6.18 Å². The van der Waals surface area contributed by atoms with Crippen molar-refractivity contribution >= 4 is 44.3 Å². The van der Waals surface area contributed by atoms with Gasteiger partial charge in [0, 0.05) is 28.7 Å². The Balaban J connectivity index is 1.65. The summed E-state index contributed by atoms with van der Waals surface area (Å²) in [4.78, 5) is 17.0. The van der Waals surface area contributed by atoms with Gasteiger partial charge in [-0.25, -0.2) is 17.8 Å². The first-order valence-electron chi connectivity index (χ1n) is 12.9. The predicted octanol–water partition coefficient (Wildman–Crippen LogP) is 5.40. The number of anilines is 2. The molecule has 0 saturated heterocycles. The van der Waals surface area contributed by atoms with Crippen LogP contribution in [0.3, 0.4) is 0 Å². The molecule has 0 bridgehead atoms. The van der Waals surface area contributed by atoms with Crippen LogP contribution in [0.2, 0.25) is 0 Å². The molecule has 1 heterocycles. The van der Waals surface area contributed by atoms with Gasteiger partial charge in [0.05, 0.1) is 29.1 Å². The Hall–Kier alpha value is -3.71. The molecule has 4 rings (SSSR count). The van der Waals surface area contributed by atoms with E-state index < -0.39 is 45.3 Å². The van der Waals surface area contributed by atoms with E-state index in [9.17, 15) is 31.5 Å². The molecular weight excluding hydrogens is 564 g/mol. The number of benzene rings is 2. The number of halogens is 4. The molecule has 1 aromatic heterocycles. The second-order valence-electron chi connectivity index (χ2n) is 10.1. The van der Waals surface area contributed by atoms with E-state index in [0.29, 0.717) is 31.2 Å². The first-order chi connectivity index (χ1) is 19.2. The van der Waals surface area contributed by atoms with Crippen LogP contribution >= 0.6 is 0 Å². The SMILES string of the molecule is C=Cc1cc(C2(NC(=O)c3ccc4nc(C(F)(F)F)cc(NCC[C@@H](O)CC)c4c3)CC2)c(F)cc1NS(C)(=O)=O. The summed E-state index contributed by atoms with van der Waals surface area (Å²) in [5.74, 6) is -1.29. The number of fused-ring (bicyclic) bond motifs is 1. The van der Waals surface area contributed by atoms with Gasteiger partial charge in [-0.1, -0.05) is 19.6 Å². The number of sulfonamides is 1.